The molecule has 0 aliphatic carbocycles. The third kappa shape index (κ3) is 6.17. The van der Waals surface area contributed by atoms with Crippen molar-refractivity contribution in [2.75, 3.05) is 26.8 Å². The molecule has 0 amide bonds. The average Bonchev–Trinajstić information content (AvgIpc) is 2.35. The van der Waals surface area contributed by atoms with Crippen molar-refractivity contribution in [2.45, 2.75) is 39.5 Å². The molecular formula is C16H26FNO. The summed E-state index contributed by atoms with van der Waals surface area (Å²) >= 11 is 0. The van der Waals surface area contributed by atoms with Gasteiger partial charge in [0.15, 0.2) is 0 Å². The van der Waals surface area contributed by atoms with Crippen molar-refractivity contribution in [2.24, 2.45) is 0 Å². The van der Waals surface area contributed by atoms with E-state index in [9.17, 15) is 4.39 Å². The normalized spacial score (nSPS) is 10.9. The van der Waals surface area contributed by atoms with Gasteiger partial charge in [-0.05, 0) is 68.5 Å². The highest BCUT2D eigenvalue weighted by Gasteiger charge is 2.04. The lowest BCUT2D eigenvalue weighted by atomic mass is 9.97. The first kappa shape index (κ1) is 16.1. The van der Waals surface area contributed by atoms with Gasteiger partial charge in [0.25, 0.3) is 0 Å². The second kappa shape index (κ2) is 9.05. The van der Waals surface area contributed by atoms with E-state index in [1.54, 1.807) is 19.2 Å². The van der Waals surface area contributed by atoms with E-state index in [0.29, 0.717) is 0 Å². The van der Waals surface area contributed by atoms with E-state index in [-0.39, 0.29) is 5.82 Å². The number of nitrogens with one attached hydrogen (secondary N) is 1. The Labute approximate surface area is 116 Å². The van der Waals surface area contributed by atoms with Crippen LogP contribution in [0.1, 0.15) is 36.0 Å². The molecule has 0 saturated carbocycles. The van der Waals surface area contributed by atoms with E-state index in [4.69, 9.17) is 4.74 Å². The Hall–Kier alpha value is -0.930. The van der Waals surface area contributed by atoms with Crippen LogP contribution in [0.5, 0.6) is 0 Å². The molecule has 1 aromatic carbocycles. The first-order chi connectivity index (χ1) is 9.15. The molecule has 0 aliphatic rings. The minimum Gasteiger partial charge on any atom is -0.383 e. The summed E-state index contributed by atoms with van der Waals surface area (Å²) in [4.78, 5) is 0. The van der Waals surface area contributed by atoms with Crippen molar-refractivity contribution >= 4 is 0 Å². The fraction of sp³-hybridized carbons (Fsp3) is 0.625. The molecule has 0 fully saturated rings. The monoisotopic (exact) mass is 267 g/mol. The molecule has 1 rings (SSSR count). The molecular weight excluding hydrogens is 241 g/mol. The molecule has 3 heteroatoms. The van der Waals surface area contributed by atoms with Crippen LogP contribution in [0.2, 0.25) is 0 Å². The smallest absolute Gasteiger partial charge is 0.123 e. The van der Waals surface area contributed by atoms with E-state index < -0.39 is 0 Å². The number of ether oxygens (including phenoxy) is 1. The van der Waals surface area contributed by atoms with Gasteiger partial charge in [0.05, 0.1) is 6.61 Å². The van der Waals surface area contributed by atoms with E-state index >= 15 is 0 Å². The first-order valence-corrected chi connectivity index (χ1v) is 7.10. The van der Waals surface area contributed by atoms with Crippen LogP contribution < -0.4 is 5.32 Å². The molecule has 19 heavy (non-hydrogen) atoms. The highest BCUT2D eigenvalue weighted by Crippen LogP contribution is 2.18. The number of halogens is 1. The summed E-state index contributed by atoms with van der Waals surface area (Å²) in [6.45, 7) is 6.74. The van der Waals surface area contributed by atoms with Gasteiger partial charge in [0, 0.05) is 13.7 Å². The van der Waals surface area contributed by atoms with Crippen LogP contribution in [-0.2, 0) is 11.2 Å². The zero-order valence-electron chi connectivity index (χ0n) is 12.4. The van der Waals surface area contributed by atoms with Gasteiger partial charge in [-0.15, -0.1) is 0 Å². The standard InChI is InChI=1S/C16H26FNO/c1-13-11-15(17)12-14(2)16(13)7-5-4-6-8-18-9-10-19-3/h11-12,18H,4-10H2,1-3H3. The molecule has 0 spiro atoms. The lowest BCUT2D eigenvalue weighted by Gasteiger charge is -2.10. The SMILES string of the molecule is COCCNCCCCCc1c(C)cc(F)cc1C. The summed E-state index contributed by atoms with van der Waals surface area (Å²) in [6.07, 6.45) is 4.61. The third-order valence-electron chi connectivity index (χ3n) is 3.42. The Balaban J connectivity index is 2.19. The highest BCUT2D eigenvalue weighted by atomic mass is 19.1. The van der Waals surface area contributed by atoms with Crippen LogP contribution in [0.25, 0.3) is 0 Å². The number of aryl methyl sites for hydroxylation is 2. The first-order valence-electron chi connectivity index (χ1n) is 7.10. The van der Waals surface area contributed by atoms with Crippen LogP contribution in [0.3, 0.4) is 0 Å². The summed E-state index contributed by atoms with van der Waals surface area (Å²) < 4.78 is 18.2. The summed E-state index contributed by atoms with van der Waals surface area (Å²) in [5, 5.41) is 3.34. The van der Waals surface area contributed by atoms with Gasteiger partial charge < -0.3 is 10.1 Å². The Kier molecular flexibility index (Phi) is 7.68. The fourth-order valence-corrected chi connectivity index (χ4v) is 2.36. The maximum Gasteiger partial charge on any atom is 0.123 e. The van der Waals surface area contributed by atoms with Crippen LogP contribution in [0.15, 0.2) is 12.1 Å². The second-order valence-electron chi connectivity index (χ2n) is 5.07. The third-order valence-corrected chi connectivity index (χ3v) is 3.42. The van der Waals surface area contributed by atoms with Gasteiger partial charge in [0.1, 0.15) is 5.82 Å². The summed E-state index contributed by atoms with van der Waals surface area (Å²) in [5.74, 6) is -0.124. The molecule has 2 nitrogen and oxygen atoms in total. The number of hydrogen-bond acceptors (Lipinski definition) is 2. The van der Waals surface area contributed by atoms with Gasteiger partial charge in [-0.2, -0.15) is 0 Å². The Morgan fingerprint density at radius 2 is 1.74 bits per heavy atom. The number of rotatable bonds is 9. The van der Waals surface area contributed by atoms with E-state index in [0.717, 1.165) is 37.2 Å². The predicted octanol–water partition coefficient (Wildman–Crippen LogP) is 3.39. The molecule has 0 bridgehead atoms. The van der Waals surface area contributed by atoms with Crippen LogP contribution >= 0.6 is 0 Å². The molecule has 0 saturated heterocycles. The highest BCUT2D eigenvalue weighted by molar-refractivity contribution is 5.34. The fourth-order valence-electron chi connectivity index (χ4n) is 2.36. The minimum atomic E-state index is -0.124. The zero-order chi connectivity index (χ0) is 14.1. The lowest BCUT2D eigenvalue weighted by Crippen LogP contribution is -2.20. The molecule has 0 radical (unpaired) electrons. The molecule has 0 atom stereocenters. The molecule has 108 valence electrons. The van der Waals surface area contributed by atoms with Gasteiger partial charge in [-0.3, -0.25) is 0 Å². The molecule has 0 aromatic heterocycles. The van der Waals surface area contributed by atoms with Crippen LogP contribution in [-0.4, -0.2) is 26.8 Å². The summed E-state index contributed by atoms with van der Waals surface area (Å²) in [5.41, 5.74) is 3.47. The maximum atomic E-state index is 13.2. The van der Waals surface area contributed by atoms with E-state index in [2.05, 4.69) is 5.32 Å². The van der Waals surface area contributed by atoms with E-state index in [1.165, 1.54) is 24.8 Å². The van der Waals surface area contributed by atoms with Gasteiger partial charge >= 0.3 is 0 Å². The molecule has 0 unspecified atom stereocenters. The summed E-state index contributed by atoms with van der Waals surface area (Å²) in [6, 6.07) is 3.27. The second-order valence-corrected chi connectivity index (χ2v) is 5.07. The zero-order valence-corrected chi connectivity index (χ0v) is 12.4. The van der Waals surface area contributed by atoms with Crippen molar-refractivity contribution in [1.82, 2.24) is 5.32 Å². The molecule has 1 N–H and O–H groups in total. The Bertz CT molecular complexity index is 356. The van der Waals surface area contributed by atoms with Crippen molar-refractivity contribution in [3.63, 3.8) is 0 Å². The van der Waals surface area contributed by atoms with Crippen LogP contribution in [0, 0.1) is 19.7 Å². The Morgan fingerprint density at radius 3 is 2.37 bits per heavy atom. The average molecular weight is 267 g/mol. The topological polar surface area (TPSA) is 21.3 Å². The number of hydrogen-bond donors (Lipinski definition) is 1. The predicted molar refractivity (Wildman–Crippen MR) is 78.2 cm³/mol. The van der Waals surface area contributed by atoms with Crippen molar-refractivity contribution in [1.29, 1.82) is 0 Å². The molecule has 0 heterocycles. The lowest BCUT2D eigenvalue weighted by molar-refractivity contribution is 0.199. The van der Waals surface area contributed by atoms with Gasteiger partial charge in [-0.25, -0.2) is 4.39 Å². The van der Waals surface area contributed by atoms with E-state index in [1.807, 2.05) is 13.8 Å². The quantitative estimate of drug-likeness (QED) is 0.692. The minimum absolute atomic E-state index is 0.124. The Morgan fingerprint density at radius 1 is 1.05 bits per heavy atom. The van der Waals surface area contributed by atoms with Crippen molar-refractivity contribution < 1.29 is 9.13 Å². The number of methoxy groups -OCH3 is 1. The summed E-state index contributed by atoms with van der Waals surface area (Å²) in [7, 11) is 1.72. The largest absolute Gasteiger partial charge is 0.383 e. The van der Waals surface area contributed by atoms with Gasteiger partial charge in [0.2, 0.25) is 0 Å². The maximum absolute atomic E-state index is 13.2. The van der Waals surface area contributed by atoms with Gasteiger partial charge in [-0.1, -0.05) is 6.42 Å². The van der Waals surface area contributed by atoms with Crippen molar-refractivity contribution in [3.8, 4) is 0 Å². The number of unbranched alkanes of at least 4 members (excludes halogenated alkanes) is 2. The molecule has 0 aliphatic heterocycles. The van der Waals surface area contributed by atoms with Crippen molar-refractivity contribution in [3.05, 3.63) is 34.6 Å². The van der Waals surface area contributed by atoms with Crippen LogP contribution in [0.4, 0.5) is 4.39 Å². The molecule has 1 aromatic rings. The number of benzene rings is 1.